The van der Waals surface area contributed by atoms with Gasteiger partial charge in [0.15, 0.2) is 0 Å². The molecule has 0 aliphatic heterocycles. The van der Waals surface area contributed by atoms with Gasteiger partial charge in [-0.2, -0.15) is 13.2 Å². The molecule has 0 saturated carbocycles. The lowest BCUT2D eigenvalue weighted by Gasteiger charge is -2.24. The number of nitrogens with zero attached hydrogens (tertiary/aromatic N) is 1. The Labute approximate surface area is 125 Å². The van der Waals surface area contributed by atoms with Crippen LogP contribution < -0.4 is 5.32 Å². The summed E-state index contributed by atoms with van der Waals surface area (Å²) in [5.74, 6) is 0. The van der Waals surface area contributed by atoms with Crippen molar-refractivity contribution in [2.24, 2.45) is 0 Å². The third-order valence-electron chi connectivity index (χ3n) is 3.28. The Bertz CT molecular complexity index is 405. The first-order valence-electron chi connectivity index (χ1n) is 7.52. The van der Waals surface area contributed by atoms with Crippen molar-refractivity contribution in [1.82, 2.24) is 10.2 Å². The van der Waals surface area contributed by atoms with Crippen molar-refractivity contribution >= 4 is 0 Å². The average Bonchev–Trinajstić information content (AvgIpc) is 2.39. The molecule has 120 valence electrons. The lowest BCUT2D eigenvalue weighted by Crippen LogP contribution is -2.34. The van der Waals surface area contributed by atoms with Crippen molar-refractivity contribution in [3.05, 3.63) is 35.4 Å². The van der Waals surface area contributed by atoms with E-state index in [2.05, 4.69) is 5.32 Å². The van der Waals surface area contributed by atoms with Gasteiger partial charge in [-0.15, -0.1) is 0 Å². The number of hydrogen-bond donors (Lipinski definition) is 1. The summed E-state index contributed by atoms with van der Waals surface area (Å²) < 4.78 is 37.9. The monoisotopic (exact) mass is 302 g/mol. The van der Waals surface area contributed by atoms with E-state index in [9.17, 15) is 13.2 Å². The SMILES string of the molecule is CCCN(Cc1ccccc1CCNCC)CC(F)(F)F. The number of nitrogens with one attached hydrogen (secondary N) is 1. The van der Waals surface area contributed by atoms with Gasteiger partial charge in [-0.25, -0.2) is 0 Å². The average molecular weight is 302 g/mol. The van der Waals surface area contributed by atoms with Gasteiger partial charge in [0.05, 0.1) is 6.54 Å². The summed E-state index contributed by atoms with van der Waals surface area (Å²) in [6.45, 7) is 5.66. The molecule has 0 aliphatic carbocycles. The molecule has 2 nitrogen and oxygen atoms in total. The predicted octanol–water partition coefficient (Wildman–Crippen LogP) is 3.61. The Morgan fingerprint density at radius 2 is 1.76 bits per heavy atom. The molecule has 5 heteroatoms. The summed E-state index contributed by atoms with van der Waals surface area (Å²) >= 11 is 0. The van der Waals surface area contributed by atoms with E-state index in [0.717, 1.165) is 37.1 Å². The second-order valence-electron chi connectivity index (χ2n) is 5.20. The first-order chi connectivity index (χ1) is 9.96. The van der Waals surface area contributed by atoms with Crippen LogP contribution in [0.4, 0.5) is 13.2 Å². The van der Waals surface area contributed by atoms with Gasteiger partial charge in [0.2, 0.25) is 0 Å². The van der Waals surface area contributed by atoms with Gasteiger partial charge in [0.25, 0.3) is 0 Å². The van der Waals surface area contributed by atoms with E-state index in [1.165, 1.54) is 4.90 Å². The molecule has 0 saturated heterocycles. The first-order valence-corrected chi connectivity index (χ1v) is 7.52. The summed E-state index contributed by atoms with van der Waals surface area (Å²) in [5.41, 5.74) is 2.12. The highest BCUT2D eigenvalue weighted by atomic mass is 19.4. The summed E-state index contributed by atoms with van der Waals surface area (Å²) in [4.78, 5) is 1.48. The maximum Gasteiger partial charge on any atom is 0.401 e. The molecule has 0 bridgehead atoms. The Balaban J connectivity index is 2.73. The van der Waals surface area contributed by atoms with Crippen molar-refractivity contribution in [3.63, 3.8) is 0 Å². The number of halogens is 3. The molecular formula is C16H25F3N2. The Hall–Kier alpha value is -1.07. The van der Waals surface area contributed by atoms with Crippen molar-refractivity contribution in [2.45, 2.75) is 39.4 Å². The van der Waals surface area contributed by atoms with Crippen LogP contribution in [0.5, 0.6) is 0 Å². The van der Waals surface area contributed by atoms with E-state index in [1.54, 1.807) is 0 Å². The van der Waals surface area contributed by atoms with Crippen LogP contribution in [0.1, 0.15) is 31.4 Å². The molecule has 0 amide bonds. The zero-order valence-corrected chi connectivity index (χ0v) is 12.8. The second kappa shape index (κ2) is 9.05. The normalized spacial score (nSPS) is 12.1. The van der Waals surface area contributed by atoms with Gasteiger partial charge in [-0.1, -0.05) is 38.1 Å². The van der Waals surface area contributed by atoms with Crippen LogP contribution in [0.15, 0.2) is 24.3 Å². The van der Waals surface area contributed by atoms with E-state index in [1.807, 2.05) is 38.1 Å². The van der Waals surface area contributed by atoms with Crippen LogP contribution >= 0.6 is 0 Å². The van der Waals surface area contributed by atoms with Crippen molar-refractivity contribution in [1.29, 1.82) is 0 Å². The fraction of sp³-hybridized carbons (Fsp3) is 0.625. The molecule has 1 aromatic rings. The number of alkyl halides is 3. The minimum Gasteiger partial charge on any atom is -0.317 e. The minimum absolute atomic E-state index is 0.357. The quantitative estimate of drug-likeness (QED) is 0.701. The van der Waals surface area contributed by atoms with Gasteiger partial charge >= 0.3 is 6.18 Å². The molecule has 0 unspecified atom stereocenters. The van der Waals surface area contributed by atoms with E-state index in [-0.39, 0.29) is 0 Å². The van der Waals surface area contributed by atoms with E-state index < -0.39 is 12.7 Å². The molecule has 0 fully saturated rings. The van der Waals surface area contributed by atoms with Crippen LogP contribution in [0.3, 0.4) is 0 Å². The third kappa shape index (κ3) is 7.48. The summed E-state index contributed by atoms with van der Waals surface area (Å²) in [7, 11) is 0. The van der Waals surface area contributed by atoms with E-state index in [4.69, 9.17) is 0 Å². The summed E-state index contributed by atoms with van der Waals surface area (Å²) in [6.07, 6.45) is -2.58. The van der Waals surface area contributed by atoms with Crippen molar-refractivity contribution in [2.75, 3.05) is 26.2 Å². The summed E-state index contributed by atoms with van der Waals surface area (Å²) in [6, 6.07) is 7.77. The lowest BCUT2D eigenvalue weighted by molar-refractivity contribution is -0.147. The molecule has 1 N–H and O–H groups in total. The molecule has 1 rings (SSSR count). The van der Waals surface area contributed by atoms with E-state index in [0.29, 0.717) is 13.1 Å². The molecule has 21 heavy (non-hydrogen) atoms. The van der Waals surface area contributed by atoms with Crippen LogP contribution in [0, 0.1) is 0 Å². The van der Waals surface area contributed by atoms with Gasteiger partial charge in [-0.05, 0) is 43.6 Å². The molecular weight excluding hydrogens is 277 g/mol. The van der Waals surface area contributed by atoms with Crippen LogP contribution in [-0.4, -0.2) is 37.3 Å². The van der Waals surface area contributed by atoms with Gasteiger partial charge < -0.3 is 5.32 Å². The zero-order valence-electron chi connectivity index (χ0n) is 12.8. The minimum atomic E-state index is -4.14. The first kappa shape index (κ1) is 18.0. The molecule has 0 radical (unpaired) electrons. The third-order valence-corrected chi connectivity index (χ3v) is 3.28. The lowest BCUT2D eigenvalue weighted by atomic mass is 10.0. The summed E-state index contributed by atoms with van der Waals surface area (Å²) in [5, 5.41) is 3.25. The number of likely N-dealkylation sites (N-methyl/N-ethyl adjacent to an activating group) is 1. The number of rotatable bonds is 9. The Morgan fingerprint density at radius 3 is 2.33 bits per heavy atom. The second-order valence-corrected chi connectivity index (χ2v) is 5.20. The highest BCUT2D eigenvalue weighted by molar-refractivity contribution is 5.27. The van der Waals surface area contributed by atoms with Gasteiger partial charge in [0.1, 0.15) is 0 Å². The van der Waals surface area contributed by atoms with Crippen LogP contribution in [0.2, 0.25) is 0 Å². The fourth-order valence-electron chi connectivity index (χ4n) is 2.38. The molecule has 0 aliphatic rings. The predicted molar refractivity (Wildman–Crippen MR) is 80.3 cm³/mol. The zero-order chi connectivity index (χ0) is 15.7. The van der Waals surface area contributed by atoms with Gasteiger partial charge in [0, 0.05) is 6.54 Å². The van der Waals surface area contributed by atoms with Crippen molar-refractivity contribution in [3.8, 4) is 0 Å². The van der Waals surface area contributed by atoms with Crippen molar-refractivity contribution < 1.29 is 13.2 Å². The van der Waals surface area contributed by atoms with Crippen LogP contribution in [0.25, 0.3) is 0 Å². The molecule has 1 aromatic carbocycles. The highest BCUT2D eigenvalue weighted by Gasteiger charge is 2.30. The van der Waals surface area contributed by atoms with E-state index >= 15 is 0 Å². The maximum absolute atomic E-state index is 12.6. The fourth-order valence-corrected chi connectivity index (χ4v) is 2.38. The Morgan fingerprint density at radius 1 is 1.10 bits per heavy atom. The maximum atomic E-state index is 12.6. The van der Waals surface area contributed by atoms with Gasteiger partial charge in [-0.3, -0.25) is 4.90 Å². The molecule has 0 heterocycles. The smallest absolute Gasteiger partial charge is 0.317 e. The van der Waals surface area contributed by atoms with Crippen LogP contribution in [-0.2, 0) is 13.0 Å². The highest BCUT2D eigenvalue weighted by Crippen LogP contribution is 2.19. The Kier molecular flexibility index (Phi) is 7.75. The topological polar surface area (TPSA) is 15.3 Å². The number of hydrogen-bond acceptors (Lipinski definition) is 2. The molecule has 0 aromatic heterocycles. The molecule has 0 atom stereocenters. The largest absolute Gasteiger partial charge is 0.401 e. The standard InChI is InChI=1S/C16H25F3N2/c1-3-11-21(13-16(17,18)19)12-15-8-6-5-7-14(15)9-10-20-4-2/h5-8,20H,3-4,9-13H2,1-2H3. The molecule has 0 spiro atoms. The number of benzene rings is 1.